The number of hydrogen-bond donors (Lipinski definition) is 1. The van der Waals surface area contributed by atoms with Crippen LogP contribution in [-0.4, -0.2) is 36.0 Å². The van der Waals surface area contributed by atoms with Crippen LogP contribution < -0.4 is 4.74 Å². The molecule has 2 aromatic rings. The normalized spacial score (nSPS) is 11.8. The second-order valence-electron chi connectivity index (χ2n) is 6.12. The fourth-order valence-electron chi connectivity index (χ4n) is 2.62. The van der Waals surface area contributed by atoms with Crippen molar-refractivity contribution in [3.8, 4) is 5.75 Å². The lowest BCUT2D eigenvalue weighted by molar-refractivity contribution is -0.131. The number of carbonyl (C=O) groups excluding carboxylic acids is 1. The van der Waals surface area contributed by atoms with Crippen LogP contribution in [0.2, 0.25) is 0 Å². The van der Waals surface area contributed by atoms with E-state index in [1.807, 2.05) is 31.2 Å². The molecular formula is C19H23NO5. The van der Waals surface area contributed by atoms with Crippen LogP contribution in [0.25, 0.3) is 0 Å². The van der Waals surface area contributed by atoms with Crippen molar-refractivity contribution in [2.75, 3.05) is 14.2 Å². The fourth-order valence-corrected chi connectivity index (χ4v) is 2.62. The molecule has 0 aliphatic carbocycles. The summed E-state index contributed by atoms with van der Waals surface area (Å²) >= 11 is 0. The molecule has 6 heteroatoms. The van der Waals surface area contributed by atoms with E-state index >= 15 is 0 Å². The second-order valence-corrected chi connectivity index (χ2v) is 6.12. The van der Waals surface area contributed by atoms with Crippen molar-refractivity contribution in [3.05, 3.63) is 53.0 Å². The maximum absolute atomic E-state index is 12.4. The van der Waals surface area contributed by atoms with E-state index in [4.69, 9.17) is 14.3 Å². The summed E-state index contributed by atoms with van der Waals surface area (Å²) < 4.78 is 10.6. The van der Waals surface area contributed by atoms with Crippen LogP contribution >= 0.6 is 0 Å². The van der Waals surface area contributed by atoms with Gasteiger partial charge in [0.25, 0.3) is 0 Å². The maximum Gasteiger partial charge on any atom is 0.339 e. The number of benzene rings is 1. The number of carboxylic acid groups (broad SMARTS) is 1. The van der Waals surface area contributed by atoms with Crippen LogP contribution in [0.5, 0.6) is 5.75 Å². The van der Waals surface area contributed by atoms with Gasteiger partial charge in [0.15, 0.2) is 0 Å². The van der Waals surface area contributed by atoms with Crippen LogP contribution in [0.4, 0.5) is 0 Å². The Morgan fingerprint density at radius 1 is 1.28 bits per heavy atom. The maximum atomic E-state index is 12.4. The lowest BCUT2D eigenvalue weighted by Gasteiger charge is -2.19. The van der Waals surface area contributed by atoms with E-state index in [9.17, 15) is 9.59 Å². The Morgan fingerprint density at radius 2 is 1.92 bits per heavy atom. The SMILES string of the molecule is COc1ccc(C(C)CC(=O)N(C)Cc2cc(C(=O)O)c(C)o2)cc1. The number of furan rings is 1. The Kier molecular flexibility index (Phi) is 5.85. The molecule has 0 bridgehead atoms. The van der Waals surface area contributed by atoms with Gasteiger partial charge in [-0.25, -0.2) is 4.79 Å². The van der Waals surface area contributed by atoms with E-state index < -0.39 is 5.97 Å². The molecule has 2 rings (SSSR count). The Balaban J connectivity index is 1.97. The third kappa shape index (κ3) is 4.62. The van der Waals surface area contributed by atoms with Gasteiger partial charge < -0.3 is 19.2 Å². The van der Waals surface area contributed by atoms with Crippen molar-refractivity contribution in [2.24, 2.45) is 0 Å². The van der Waals surface area contributed by atoms with Crippen molar-refractivity contribution < 1.29 is 23.8 Å². The van der Waals surface area contributed by atoms with E-state index in [0.717, 1.165) is 11.3 Å². The predicted molar refractivity (Wildman–Crippen MR) is 92.9 cm³/mol. The van der Waals surface area contributed by atoms with Crippen molar-refractivity contribution >= 4 is 11.9 Å². The van der Waals surface area contributed by atoms with E-state index in [1.54, 1.807) is 26.0 Å². The van der Waals surface area contributed by atoms with Gasteiger partial charge in [-0.2, -0.15) is 0 Å². The molecule has 0 spiro atoms. The highest BCUT2D eigenvalue weighted by Gasteiger charge is 2.19. The number of rotatable bonds is 7. The van der Waals surface area contributed by atoms with Gasteiger partial charge in [-0.3, -0.25) is 4.79 Å². The highest BCUT2D eigenvalue weighted by molar-refractivity contribution is 5.88. The summed E-state index contributed by atoms with van der Waals surface area (Å²) in [7, 11) is 3.30. The number of aryl methyl sites for hydroxylation is 1. The predicted octanol–water partition coefficient (Wildman–Crippen LogP) is 3.45. The molecule has 0 radical (unpaired) electrons. The minimum atomic E-state index is -1.03. The minimum Gasteiger partial charge on any atom is -0.497 e. The topological polar surface area (TPSA) is 80.0 Å². The molecular weight excluding hydrogens is 322 g/mol. The molecule has 1 N–H and O–H groups in total. The molecule has 0 saturated heterocycles. The molecule has 0 aliphatic heterocycles. The van der Waals surface area contributed by atoms with Crippen molar-refractivity contribution in [1.82, 2.24) is 4.90 Å². The number of hydrogen-bond acceptors (Lipinski definition) is 4. The molecule has 134 valence electrons. The molecule has 25 heavy (non-hydrogen) atoms. The van der Waals surface area contributed by atoms with Gasteiger partial charge in [0.1, 0.15) is 22.8 Å². The van der Waals surface area contributed by atoms with Gasteiger partial charge >= 0.3 is 5.97 Å². The number of ether oxygens (including phenoxy) is 1. The molecule has 0 aliphatic rings. The molecule has 1 aromatic heterocycles. The Bertz CT molecular complexity index is 748. The van der Waals surface area contributed by atoms with Gasteiger partial charge in [-0.1, -0.05) is 19.1 Å². The molecule has 1 atom stereocenters. The zero-order chi connectivity index (χ0) is 18.6. The third-order valence-corrected chi connectivity index (χ3v) is 4.18. The Hall–Kier alpha value is -2.76. The van der Waals surface area contributed by atoms with Crippen LogP contribution in [0, 0.1) is 6.92 Å². The zero-order valence-electron chi connectivity index (χ0n) is 14.9. The van der Waals surface area contributed by atoms with Crippen LogP contribution in [-0.2, 0) is 11.3 Å². The van der Waals surface area contributed by atoms with E-state index in [-0.39, 0.29) is 23.9 Å². The number of aromatic carboxylic acids is 1. The van der Waals surface area contributed by atoms with Gasteiger partial charge in [-0.05, 0) is 36.6 Å². The summed E-state index contributed by atoms with van der Waals surface area (Å²) in [6.07, 6.45) is 0.355. The Morgan fingerprint density at radius 3 is 2.44 bits per heavy atom. The highest BCUT2D eigenvalue weighted by atomic mass is 16.5. The first-order valence-electron chi connectivity index (χ1n) is 8.02. The number of carboxylic acids is 1. The summed E-state index contributed by atoms with van der Waals surface area (Å²) in [6.45, 7) is 3.83. The standard InChI is InChI=1S/C19H23NO5/c1-12(14-5-7-15(24-4)8-6-14)9-18(21)20(3)11-16-10-17(19(22)23)13(2)25-16/h5-8,10,12H,9,11H2,1-4H3,(H,22,23). The highest BCUT2D eigenvalue weighted by Crippen LogP contribution is 2.23. The average molecular weight is 345 g/mol. The number of nitrogens with zero attached hydrogens (tertiary/aromatic N) is 1. The molecule has 0 saturated carbocycles. The van der Waals surface area contributed by atoms with Crippen LogP contribution in [0.15, 0.2) is 34.7 Å². The van der Waals surface area contributed by atoms with E-state index in [2.05, 4.69) is 0 Å². The summed E-state index contributed by atoms with van der Waals surface area (Å²) in [5.74, 6) is 0.581. The second kappa shape index (κ2) is 7.88. The molecule has 0 fully saturated rings. The van der Waals surface area contributed by atoms with Gasteiger partial charge in [0.2, 0.25) is 5.91 Å². The lowest BCUT2D eigenvalue weighted by Crippen LogP contribution is -2.27. The van der Waals surface area contributed by atoms with Crippen molar-refractivity contribution in [3.63, 3.8) is 0 Å². The van der Waals surface area contributed by atoms with Gasteiger partial charge in [0.05, 0.1) is 13.7 Å². The summed E-state index contributed by atoms with van der Waals surface area (Å²) in [4.78, 5) is 25.0. The van der Waals surface area contributed by atoms with Crippen molar-refractivity contribution in [2.45, 2.75) is 32.7 Å². The summed E-state index contributed by atoms with van der Waals surface area (Å²) in [5.41, 5.74) is 1.19. The molecule has 6 nitrogen and oxygen atoms in total. The first-order chi connectivity index (χ1) is 11.8. The Labute approximate surface area is 147 Å². The largest absolute Gasteiger partial charge is 0.497 e. The van der Waals surface area contributed by atoms with Crippen LogP contribution in [0.3, 0.4) is 0 Å². The first kappa shape index (κ1) is 18.6. The number of methoxy groups -OCH3 is 1. The molecule has 1 heterocycles. The van der Waals surface area contributed by atoms with Gasteiger partial charge in [0, 0.05) is 13.5 Å². The quantitative estimate of drug-likeness (QED) is 0.831. The minimum absolute atomic E-state index is 0.0331. The molecule has 1 unspecified atom stereocenters. The first-order valence-corrected chi connectivity index (χ1v) is 8.02. The smallest absolute Gasteiger partial charge is 0.339 e. The van der Waals surface area contributed by atoms with Gasteiger partial charge in [-0.15, -0.1) is 0 Å². The molecule has 1 amide bonds. The lowest BCUT2D eigenvalue weighted by atomic mass is 9.97. The summed E-state index contributed by atoms with van der Waals surface area (Å²) in [6, 6.07) is 9.12. The third-order valence-electron chi connectivity index (χ3n) is 4.18. The summed E-state index contributed by atoms with van der Waals surface area (Å²) in [5, 5.41) is 9.06. The monoisotopic (exact) mass is 345 g/mol. The molecule has 1 aromatic carbocycles. The number of carbonyl (C=O) groups is 2. The average Bonchev–Trinajstić information content (AvgIpc) is 2.95. The van der Waals surface area contributed by atoms with Crippen LogP contribution in [0.1, 0.15) is 46.7 Å². The zero-order valence-corrected chi connectivity index (χ0v) is 14.9. The van der Waals surface area contributed by atoms with E-state index in [0.29, 0.717) is 17.9 Å². The van der Waals surface area contributed by atoms with Crippen molar-refractivity contribution in [1.29, 1.82) is 0 Å². The number of amides is 1. The fraction of sp³-hybridized carbons (Fsp3) is 0.368. The van der Waals surface area contributed by atoms with E-state index in [1.165, 1.54) is 6.07 Å².